The van der Waals surface area contributed by atoms with Crippen LogP contribution < -0.4 is 0 Å². The van der Waals surface area contributed by atoms with Crippen molar-refractivity contribution in [1.82, 2.24) is 0 Å². The summed E-state index contributed by atoms with van der Waals surface area (Å²) in [7, 11) is 0. The highest BCUT2D eigenvalue weighted by atomic mass is 16.9. The molecule has 38 heavy (non-hydrogen) atoms. The van der Waals surface area contributed by atoms with Gasteiger partial charge < -0.3 is 33.5 Å². The van der Waals surface area contributed by atoms with Gasteiger partial charge in [-0.2, -0.15) is 0 Å². The van der Waals surface area contributed by atoms with Crippen LogP contribution in [0.15, 0.2) is 23.3 Å². The van der Waals surface area contributed by atoms with E-state index in [0.717, 1.165) is 18.4 Å². The summed E-state index contributed by atoms with van der Waals surface area (Å²) < 4.78 is 36.1. The quantitative estimate of drug-likeness (QED) is 0.406. The number of ketones is 1. The first-order valence-electron chi connectivity index (χ1n) is 14.2. The van der Waals surface area contributed by atoms with Crippen LogP contribution in [-0.4, -0.2) is 72.9 Å². The Kier molecular flexibility index (Phi) is 4.95. The first kappa shape index (κ1) is 24.2. The van der Waals surface area contributed by atoms with Crippen LogP contribution in [0.1, 0.15) is 58.8 Å². The van der Waals surface area contributed by atoms with Crippen LogP contribution in [0.25, 0.3) is 0 Å². The van der Waals surface area contributed by atoms with Crippen LogP contribution in [0.5, 0.6) is 0 Å². The number of aliphatic hydroxyl groups is 1. The SMILES string of the molecule is C[C@@]12C[C@H]3O[C@]45OCO[C@@H]4CCO[C@@H]5O[C@H]3C=C1CC[C@H]1[C@@H]2CC(=O)[C@]2(C)[C@@H](C3=CC(=O)OC3)CC[C@]12O. The van der Waals surface area contributed by atoms with Crippen molar-refractivity contribution >= 4 is 11.8 Å². The number of fused-ring (bicyclic) bond motifs is 6. The van der Waals surface area contributed by atoms with E-state index in [2.05, 4.69) is 13.0 Å². The smallest absolute Gasteiger partial charge is 0.331 e. The Balaban J connectivity index is 1.13. The van der Waals surface area contributed by atoms with Gasteiger partial charge in [0.25, 0.3) is 0 Å². The van der Waals surface area contributed by atoms with Crippen molar-refractivity contribution in [3.05, 3.63) is 23.3 Å². The van der Waals surface area contributed by atoms with Crippen molar-refractivity contribution in [3.63, 3.8) is 0 Å². The van der Waals surface area contributed by atoms with Crippen LogP contribution in [-0.2, 0) is 38.0 Å². The summed E-state index contributed by atoms with van der Waals surface area (Å²) in [5, 5.41) is 12.4. The second-order valence-electron chi connectivity index (χ2n) is 13.1. The summed E-state index contributed by atoms with van der Waals surface area (Å²) in [5.74, 6) is -1.48. The van der Waals surface area contributed by atoms with Crippen molar-refractivity contribution in [2.45, 2.75) is 94.8 Å². The van der Waals surface area contributed by atoms with E-state index in [0.29, 0.717) is 38.7 Å². The van der Waals surface area contributed by atoms with Crippen LogP contribution >= 0.6 is 0 Å². The zero-order chi connectivity index (χ0) is 26.1. The molecule has 0 amide bonds. The van der Waals surface area contributed by atoms with Crippen LogP contribution in [0.3, 0.4) is 0 Å². The molecule has 206 valence electrons. The molecular weight excluding hydrogens is 492 g/mol. The van der Waals surface area contributed by atoms with Crippen LogP contribution in [0.2, 0.25) is 0 Å². The van der Waals surface area contributed by atoms with E-state index in [9.17, 15) is 14.7 Å². The molecule has 0 radical (unpaired) electrons. The minimum atomic E-state index is -1.12. The summed E-state index contributed by atoms with van der Waals surface area (Å²) in [6.45, 7) is 5.10. The Bertz CT molecular complexity index is 1160. The average Bonchev–Trinajstić information content (AvgIpc) is 3.57. The highest BCUT2D eigenvalue weighted by Crippen LogP contribution is 2.68. The first-order valence-corrected chi connectivity index (χ1v) is 14.2. The molecule has 8 aliphatic rings. The zero-order valence-corrected chi connectivity index (χ0v) is 22.0. The van der Waals surface area contributed by atoms with Gasteiger partial charge >= 0.3 is 5.97 Å². The highest BCUT2D eigenvalue weighted by molar-refractivity contribution is 5.90. The lowest BCUT2D eigenvalue weighted by Gasteiger charge is -2.62. The van der Waals surface area contributed by atoms with Crippen LogP contribution in [0, 0.1) is 28.6 Å². The van der Waals surface area contributed by atoms with Crippen molar-refractivity contribution in [2.75, 3.05) is 20.0 Å². The lowest BCUT2D eigenvalue weighted by molar-refractivity contribution is -0.421. The minimum absolute atomic E-state index is 0.00110. The maximum Gasteiger partial charge on any atom is 0.331 e. The molecule has 8 rings (SSSR count). The number of cyclic esters (lactones) is 1. The van der Waals surface area contributed by atoms with Gasteiger partial charge in [-0.05, 0) is 67.8 Å². The second kappa shape index (κ2) is 7.77. The number of carbonyl (C=O) groups is 2. The van der Waals surface area contributed by atoms with Gasteiger partial charge in [0.2, 0.25) is 12.1 Å². The number of esters is 1. The molecule has 4 aliphatic heterocycles. The third kappa shape index (κ3) is 2.83. The summed E-state index contributed by atoms with van der Waals surface area (Å²) in [5.41, 5.74) is -0.192. The van der Waals surface area contributed by atoms with Crippen LogP contribution in [0.4, 0.5) is 0 Å². The molecule has 6 fully saturated rings. The maximum absolute atomic E-state index is 14.1. The molecule has 3 saturated heterocycles. The Morgan fingerprint density at radius 3 is 2.76 bits per heavy atom. The molecule has 3 saturated carbocycles. The van der Waals surface area contributed by atoms with Gasteiger partial charge in [0.15, 0.2) is 6.79 Å². The monoisotopic (exact) mass is 528 g/mol. The number of ether oxygens (including phenoxy) is 6. The second-order valence-corrected chi connectivity index (χ2v) is 13.1. The number of carbonyl (C=O) groups excluding carboxylic acids is 2. The van der Waals surface area contributed by atoms with E-state index in [-0.39, 0.29) is 66.6 Å². The summed E-state index contributed by atoms with van der Waals surface area (Å²) >= 11 is 0. The third-order valence-electron chi connectivity index (χ3n) is 11.9. The summed E-state index contributed by atoms with van der Waals surface area (Å²) in [6.07, 6.45) is 7.09. The van der Waals surface area contributed by atoms with Gasteiger partial charge in [0.1, 0.15) is 24.6 Å². The topological polar surface area (TPSA) is 110 Å². The van der Waals surface area contributed by atoms with E-state index in [4.69, 9.17) is 28.4 Å². The molecular formula is C29H36O9. The molecule has 0 aromatic carbocycles. The molecule has 9 nitrogen and oxygen atoms in total. The number of rotatable bonds is 1. The Labute approximate surface area is 221 Å². The summed E-state index contributed by atoms with van der Waals surface area (Å²) in [6, 6.07) is 0. The fraction of sp³-hybridized carbons (Fsp3) is 0.793. The van der Waals surface area contributed by atoms with Gasteiger partial charge in [-0.1, -0.05) is 18.6 Å². The summed E-state index contributed by atoms with van der Waals surface area (Å²) in [4.78, 5) is 25.9. The molecule has 11 atom stereocenters. The minimum Gasteiger partial charge on any atom is -0.458 e. The normalized spacial score (nSPS) is 55.0. The van der Waals surface area contributed by atoms with E-state index in [1.165, 1.54) is 11.6 Å². The van der Waals surface area contributed by atoms with Gasteiger partial charge in [-0.3, -0.25) is 4.79 Å². The molecule has 0 bridgehead atoms. The van der Waals surface area contributed by atoms with Gasteiger partial charge in [0, 0.05) is 18.9 Å². The lowest BCUT2D eigenvalue weighted by Crippen LogP contribution is -2.68. The number of allylic oxidation sites excluding steroid dienone is 1. The molecule has 0 unspecified atom stereocenters. The largest absolute Gasteiger partial charge is 0.458 e. The van der Waals surface area contributed by atoms with E-state index in [1.807, 2.05) is 6.92 Å². The van der Waals surface area contributed by atoms with E-state index in [1.54, 1.807) is 0 Å². The molecule has 4 aliphatic carbocycles. The molecule has 9 heteroatoms. The van der Waals surface area contributed by atoms with E-state index >= 15 is 0 Å². The Morgan fingerprint density at radius 1 is 1.08 bits per heavy atom. The fourth-order valence-electron chi connectivity index (χ4n) is 9.83. The lowest BCUT2D eigenvalue weighted by atomic mass is 9.44. The predicted octanol–water partition coefficient (Wildman–Crippen LogP) is 2.55. The first-order chi connectivity index (χ1) is 18.2. The van der Waals surface area contributed by atoms with E-state index < -0.39 is 23.1 Å². The Hall–Kier alpha value is -1.62. The van der Waals surface area contributed by atoms with Crippen molar-refractivity contribution in [1.29, 1.82) is 0 Å². The van der Waals surface area contributed by atoms with Gasteiger partial charge in [-0.15, -0.1) is 0 Å². The number of Topliss-reactive ketones (excluding diaryl/α,β-unsaturated/α-hetero) is 1. The molecule has 4 heterocycles. The van der Waals surface area contributed by atoms with Gasteiger partial charge in [0.05, 0.1) is 23.7 Å². The molecule has 1 N–H and O–H groups in total. The molecule has 0 aromatic rings. The van der Waals surface area contributed by atoms with Gasteiger partial charge in [-0.25, -0.2) is 4.79 Å². The maximum atomic E-state index is 14.1. The van der Waals surface area contributed by atoms with Crippen molar-refractivity contribution in [2.24, 2.45) is 28.6 Å². The zero-order valence-electron chi connectivity index (χ0n) is 22.0. The standard InChI is InChI=1S/C29H36O9/c1-26-12-21-20(37-25-29(38-21)23(6-8-33-25)35-14-36-29)10-16(26)3-4-18-19(26)11-22(30)27(2)17(5-7-28(18,27)32)15-9-24(31)34-13-15/h9-10,17-21,23,25,32H,3-8,11-14H2,1-2H3/t17-,18+,19+,20+,21-,23-,25-,26-,27+,28+,29-/m1/s1. The predicted molar refractivity (Wildman–Crippen MR) is 129 cm³/mol. The average molecular weight is 529 g/mol. The number of hydrogen-bond acceptors (Lipinski definition) is 9. The highest BCUT2D eigenvalue weighted by Gasteiger charge is 2.72. The number of hydrogen-bond donors (Lipinski definition) is 1. The third-order valence-corrected chi connectivity index (χ3v) is 11.9. The Morgan fingerprint density at radius 2 is 1.95 bits per heavy atom. The molecule has 1 spiro atoms. The molecule has 0 aromatic heterocycles. The van der Waals surface area contributed by atoms with Crippen molar-refractivity contribution in [3.8, 4) is 0 Å². The fourth-order valence-corrected chi connectivity index (χ4v) is 9.83. The van der Waals surface area contributed by atoms with Crippen molar-refractivity contribution < 1.29 is 43.1 Å².